The van der Waals surface area contributed by atoms with Crippen molar-refractivity contribution in [3.05, 3.63) is 60.4 Å². The van der Waals surface area contributed by atoms with Gasteiger partial charge in [0.1, 0.15) is 11.4 Å². The number of fused-ring (bicyclic) bond motifs is 1. The van der Waals surface area contributed by atoms with Crippen LogP contribution in [-0.4, -0.2) is 46.0 Å². The van der Waals surface area contributed by atoms with E-state index in [1.807, 2.05) is 55.5 Å². The van der Waals surface area contributed by atoms with Crippen molar-refractivity contribution in [3.63, 3.8) is 0 Å². The minimum Gasteiger partial charge on any atom is -0.336 e. The van der Waals surface area contributed by atoms with Crippen LogP contribution < -0.4 is 5.32 Å². The smallest absolute Gasteiger partial charge is 0.243 e. The number of anilines is 1. The summed E-state index contributed by atoms with van der Waals surface area (Å²) in [5, 5.41) is 4.56. The normalized spacial score (nSPS) is 10.6. The fourth-order valence-electron chi connectivity index (χ4n) is 2.78. The molecule has 0 aliphatic rings. The van der Waals surface area contributed by atoms with Crippen molar-refractivity contribution in [1.82, 2.24) is 14.9 Å². The molecule has 0 fully saturated rings. The van der Waals surface area contributed by atoms with E-state index in [1.165, 1.54) is 23.0 Å². The van der Waals surface area contributed by atoms with Crippen molar-refractivity contribution in [3.8, 4) is 0 Å². The maximum atomic E-state index is 12.4. The minimum absolute atomic E-state index is 0.00195. The van der Waals surface area contributed by atoms with Crippen LogP contribution in [0.25, 0.3) is 10.9 Å². The Bertz CT molecular complexity index is 988. The molecule has 3 rings (SSSR count). The highest BCUT2D eigenvalue weighted by molar-refractivity contribution is 8.00. The van der Waals surface area contributed by atoms with Crippen molar-refractivity contribution >= 4 is 40.2 Å². The maximum Gasteiger partial charge on any atom is 0.243 e. The second-order valence-corrected chi connectivity index (χ2v) is 7.26. The molecule has 0 saturated heterocycles. The van der Waals surface area contributed by atoms with Crippen LogP contribution in [0.4, 0.5) is 5.69 Å². The summed E-state index contributed by atoms with van der Waals surface area (Å²) in [6.07, 6.45) is 2.33. The predicted octanol–water partition coefficient (Wildman–Crippen LogP) is 3.38. The molecule has 1 aromatic heterocycles. The number of carbonyl (C=O) groups is 2. The number of aromatic nitrogens is 2. The van der Waals surface area contributed by atoms with Gasteiger partial charge in [-0.15, -0.1) is 0 Å². The number of aryl methyl sites for hydroxylation is 1. The number of hydrogen-bond donors (Lipinski definition) is 1. The highest BCUT2D eigenvalue weighted by atomic mass is 32.2. The molecule has 3 aromatic rings. The average molecular weight is 395 g/mol. The predicted molar refractivity (Wildman–Crippen MR) is 112 cm³/mol. The molecule has 0 atom stereocenters. The number of amides is 2. The fraction of sp³-hybridized carbons (Fsp3) is 0.238. The van der Waals surface area contributed by atoms with Gasteiger partial charge in [0.2, 0.25) is 11.8 Å². The van der Waals surface area contributed by atoms with E-state index in [0.717, 1.165) is 33.6 Å². The Morgan fingerprint density at radius 3 is 2.64 bits per heavy atom. The van der Waals surface area contributed by atoms with Gasteiger partial charge < -0.3 is 10.2 Å². The lowest BCUT2D eigenvalue weighted by Gasteiger charge is -2.17. The SMILES string of the molecule is CCc1ccccc1NC(=O)CN(C)C(=O)CSc1ncnc2ccccc12. The Kier molecular flexibility index (Phi) is 6.60. The van der Waals surface area contributed by atoms with Gasteiger partial charge in [-0.05, 0) is 24.1 Å². The highest BCUT2D eigenvalue weighted by Crippen LogP contribution is 2.24. The highest BCUT2D eigenvalue weighted by Gasteiger charge is 2.15. The number of nitrogens with zero attached hydrogens (tertiary/aromatic N) is 3. The van der Waals surface area contributed by atoms with Crippen LogP contribution in [0.5, 0.6) is 0 Å². The third kappa shape index (κ3) is 4.86. The molecule has 6 nitrogen and oxygen atoms in total. The van der Waals surface area contributed by atoms with E-state index in [-0.39, 0.29) is 24.1 Å². The Morgan fingerprint density at radius 2 is 1.82 bits per heavy atom. The van der Waals surface area contributed by atoms with Gasteiger partial charge in [0, 0.05) is 18.1 Å². The van der Waals surface area contributed by atoms with Crippen LogP contribution in [-0.2, 0) is 16.0 Å². The summed E-state index contributed by atoms with van der Waals surface area (Å²) in [4.78, 5) is 34.7. The number of hydrogen-bond acceptors (Lipinski definition) is 5. The monoisotopic (exact) mass is 394 g/mol. The Morgan fingerprint density at radius 1 is 1.07 bits per heavy atom. The second kappa shape index (κ2) is 9.32. The van der Waals surface area contributed by atoms with E-state index in [1.54, 1.807) is 7.05 Å². The third-order valence-electron chi connectivity index (χ3n) is 4.32. The van der Waals surface area contributed by atoms with Gasteiger partial charge in [0.05, 0.1) is 17.8 Å². The summed E-state index contributed by atoms with van der Waals surface area (Å²) >= 11 is 1.35. The number of nitrogens with one attached hydrogen (secondary N) is 1. The summed E-state index contributed by atoms with van der Waals surface area (Å²) in [7, 11) is 1.63. The first-order valence-corrected chi connectivity index (χ1v) is 10.0. The first kappa shape index (κ1) is 19.8. The number of rotatable bonds is 7. The Balaban J connectivity index is 1.56. The van der Waals surface area contributed by atoms with Crippen LogP contribution in [0.1, 0.15) is 12.5 Å². The molecule has 144 valence electrons. The quantitative estimate of drug-likeness (QED) is 0.491. The van der Waals surface area contributed by atoms with Crippen molar-refractivity contribution in [2.24, 2.45) is 0 Å². The standard InChI is InChI=1S/C21H22N4O2S/c1-3-15-8-4-6-10-17(15)24-19(26)12-25(2)20(27)13-28-21-16-9-5-7-11-18(16)22-14-23-21/h4-11,14H,3,12-13H2,1-2H3,(H,24,26). The van der Waals surface area contributed by atoms with Crippen LogP contribution >= 0.6 is 11.8 Å². The van der Waals surface area contributed by atoms with E-state index >= 15 is 0 Å². The summed E-state index contributed by atoms with van der Waals surface area (Å²) < 4.78 is 0. The molecule has 28 heavy (non-hydrogen) atoms. The zero-order valence-corrected chi connectivity index (χ0v) is 16.7. The second-order valence-electron chi connectivity index (χ2n) is 6.29. The van der Waals surface area contributed by atoms with Crippen LogP contribution in [0.15, 0.2) is 59.9 Å². The van der Waals surface area contributed by atoms with E-state index in [2.05, 4.69) is 15.3 Å². The molecule has 0 aliphatic heterocycles. The molecule has 0 aliphatic carbocycles. The summed E-state index contributed by atoms with van der Waals surface area (Å²) in [6.45, 7) is 2.04. The number of carbonyl (C=O) groups excluding carboxylic acids is 2. The minimum atomic E-state index is -0.214. The molecule has 2 amide bonds. The lowest BCUT2D eigenvalue weighted by Crippen LogP contribution is -2.36. The lowest BCUT2D eigenvalue weighted by molar-refractivity contribution is -0.131. The zero-order chi connectivity index (χ0) is 19.9. The van der Waals surface area contributed by atoms with Gasteiger partial charge >= 0.3 is 0 Å². The van der Waals surface area contributed by atoms with E-state index in [4.69, 9.17) is 0 Å². The molecule has 0 saturated carbocycles. The molecule has 1 heterocycles. The van der Waals surface area contributed by atoms with E-state index in [0.29, 0.717) is 0 Å². The topological polar surface area (TPSA) is 75.2 Å². The Hall–Kier alpha value is -2.93. The van der Waals surface area contributed by atoms with Crippen LogP contribution in [0.2, 0.25) is 0 Å². The number of thioether (sulfide) groups is 1. The molecule has 0 radical (unpaired) electrons. The fourth-order valence-corrected chi connectivity index (χ4v) is 3.71. The van der Waals surface area contributed by atoms with Crippen LogP contribution in [0.3, 0.4) is 0 Å². The van der Waals surface area contributed by atoms with Crippen molar-refractivity contribution in [2.45, 2.75) is 18.4 Å². The average Bonchev–Trinajstić information content (AvgIpc) is 2.72. The maximum absolute atomic E-state index is 12.4. The number of benzene rings is 2. The third-order valence-corrected chi connectivity index (χ3v) is 5.31. The summed E-state index contributed by atoms with van der Waals surface area (Å²) in [5.74, 6) is -0.142. The molecule has 2 aromatic carbocycles. The van der Waals surface area contributed by atoms with Crippen LogP contribution in [0, 0.1) is 0 Å². The number of para-hydroxylation sites is 2. The van der Waals surface area contributed by atoms with E-state index < -0.39 is 0 Å². The van der Waals surface area contributed by atoms with Gasteiger partial charge in [-0.2, -0.15) is 0 Å². The van der Waals surface area contributed by atoms with Gasteiger partial charge in [0.25, 0.3) is 0 Å². The molecule has 1 N–H and O–H groups in total. The molecule has 0 unspecified atom stereocenters. The molecule has 0 bridgehead atoms. The van der Waals surface area contributed by atoms with Gasteiger partial charge in [-0.1, -0.05) is 55.1 Å². The Labute approximate surface area is 168 Å². The molecule has 7 heteroatoms. The zero-order valence-electron chi connectivity index (χ0n) is 15.9. The van der Waals surface area contributed by atoms with Gasteiger partial charge in [-0.3, -0.25) is 9.59 Å². The van der Waals surface area contributed by atoms with Crippen molar-refractivity contribution in [2.75, 3.05) is 24.7 Å². The van der Waals surface area contributed by atoms with Crippen molar-refractivity contribution < 1.29 is 9.59 Å². The number of likely N-dealkylation sites (N-methyl/N-ethyl adjacent to an activating group) is 1. The van der Waals surface area contributed by atoms with Crippen molar-refractivity contribution in [1.29, 1.82) is 0 Å². The lowest BCUT2D eigenvalue weighted by atomic mass is 10.1. The summed E-state index contributed by atoms with van der Waals surface area (Å²) in [6, 6.07) is 15.4. The first-order valence-electron chi connectivity index (χ1n) is 9.02. The first-order chi connectivity index (χ1) is 13.6. The molecule has 0 spiro atoms. The molecular formula is C21H22N4O2S. The summed E-state index contributed by atoms with van der Waals surface area (Å²) in [5.41, 5.74) is 2.70. The van der Waals surface area contributed by atoms with Gasteiger partial charge in [-0.25, -0.2) is 9.97 Å². The van der Waals surface area contributed by atoms with E-state index in [9.17, 15) is 9.59 Å². The molecular weight excluding hydrogens is 372 g/mol. The largest absolute Gasteiger partial charge is 0.336 e. The van der Waals surface area contributed by atoms with Gasteiger partial charge in [0.15, 0.2) is 0 Å².